The van der Waals surface area contributed by atoms with E-state index in [1.807, 2.05) is 31.2 Å². The van der Waals surface area contributed by atoms with Gasteiger partial charge in [0.25, 0.3) is 0 Å². The number of anilines is 1. The summed E-state index contributed by atoms with van der Waals surface area (Å²) in [5, 5.41) is 0.194. The summed E-state index contributed by atoms with van der Waals surface area (Å²) in [4.78, 5) is 0. The Labute approximate surface area is 77.1 Å². The lowest BCUT2D eigenvalue weighted by Crippen LogP contribution is -1.82. The molecule has 0 atom stereocenters. The lowest BCUT2D eigenvalue weighted by Gasteiger charge is -1.91. The first kappa shape index (κ1) is 10.6. The largest absolute Gasteiger partial charge is 0.399 e. The zero-order valence-corrected chi connectivity index (χ0v) is 7.86. The Morgan fingerprint density at radius 3 is 2.18 bits per heavy atom. The van der Waals surface area contributed by atoms with Gasteiger partial charge >= 0.3 is 0 Å². The zero-order chi connectivity index (χ0) is 8.69. The van der Waals surface area contributed by atoms with Gasteiger partial charge in [0, 0.05) is 5.69 Å². The van der Waals surface area contributed by atoms with Crippen LogP contribution in [0.25, 0.3) is 0 Å². The molecule has 0 unspecified atom stereocenters. The highest BCUT2D eigenvalue weighted by atomic mass is 35.5. The molecule has 0 bridgehead atoms. The predicted molar refractivity (Wildman–Crippen MR) is 52.2 cm³/mol. The molecule has 0 aliphatic rings. The topological polar surface area (TPSA) is 26.0 Å². The van der Waals surface area contributed by atoms with E-state index in [4.69, 9.17) is 28.9 Å². The molecule has 0 amide bonds. The van der Waals surface area contributed by atoms with E-state index >= 15 is 0 Å². The normalized spacial score (nSPS) is 8.27. The first-order valence-electron chi connectivity index (χ1n) is 3.14. The molecule has 0 fully saturated rings. The Balaban J connectivity index is 0.000000292. The van der Waals surface area contributed by atoms with Crippen LogP contribution in [-0.2, 0) is 0 Å². The smallest absolute Gasteiger partial charge is 0.0967 e. The third kappa shape index (κ3) is 6.02. The van der Waals surface area contributed by atoms with Crippen LogP contribution in [0.15, 0.2) is 24.3 Å². The van der Waals surface area contributed by atoms with Gasteiger partial charge in [0.05, 0.1) is 5.34 Å². The summed E-state index contributed by atoms with van der Waals surface area (Å²) in [6, 6.07) is 7.80. The molecule has 0 saturated carbocycles. The summed E-state index contributed by atoms with van der Waals surface area (Å²) >= 11 is 9.53. The molecular weight excluding hydrogens is 181 g/mol. The molecule has 1 rings (SSSR count). The number of rotatable bonds is 0. The van der Waals surface area contributed by atoms with Gasteiger partial charge in [-0.25, -0.2) is 0 Å². The second-order valence-corrected chi connectivity index (χ2v) is 2.82. The number of hydrogen-bond donors (Lipinski definition) is 1. The van der Waals surface area contributed by atoms with Crippen LogP contribution in [0.4, 0.5) is 5.69 Å². The number of nitrogen functional groups attached to an aromatic ring is 1. The standard InChI is InChI=1S/C7H9N.CH2Cl2/c1-6-3-2-4-7(8)5-6;2-1-3/h2-5H,8H2,1H3;1H2. The van der Waals surface area contributed by atoms with Crippen molar-refractivity contribution >= 4 is 28.9 Å². The molecule has 0 radical (unpaired) electrons. The van der Waals surface area contributed by atoms with Gasteiger partial charge in [-0.2, -0.15) is 0 Å². The van der Waals surface area contributed by atoms with Crippen molar-refractivity contribution in [3.8, 4) is 0 Å². The van der Waals surface area contributed by atoms with Crippen molar-refractivity contribution in [3.05, 3.63) is 29.8 Å². The lowest BCUT2D eigenvalue weighted by molar-refractivity contribution is 1.47. The number of alkyl halides is 2. The minimum atomic E-state index is 0.194. The maximum Gasteiger partial charge on any atom is 0.0967 e. The van der Waals surface area contributed by atoms with Crippen molar-refractivity contribution < 1.29 is 0 Å². The average Bonchev–Trinajstić information content (AvgIpc) is 1.88. The maximum atomic E-state index is 5.46. The van der Waals surface area contributed by atoms with E-state index < -0.39 is 0 Å². The summed E-state index contributed by atoms with van der Waals surface area (Å²) < 4.78 is 0. The van der Waals surface area contributed by atoms with Gasteiger partial charge in [0.2, 0.25) is 0 Å². The second kappa shape index (κ2) is 6.32. The van der Waals surface area contributed by atoms with Crippen molar-refractivity contribution in [2.75, 3.05) is 11.1 Å². The van der Waals surface area contributed by atoms with E-state index in [0.29, 0.717) is 0 Å². The zero-order valence-electron chi connectivity index (χ0n) is 6.35. The highest BCUT2D eigenvalue weighted by Crippen LogP contribution is 2.03. The van der Waals surface area contributed by atoms with Crippen molar-refractivity contribution in [1.82, 2.24) is 0 Å². The predicted octanol–water partition coefficient (Wildman–Crippen LogP) is 3.00. The highest BCUT2D eigenvalue weighted by Gasteiger charge is 1.81. The highest BCUT2D eigenvalue weighted by molar-refractivity contribution is 6.40. The Morgan fingerprint density at radius 1 is 1.36 bits per heavy atom. The summed E-state index contributed by atoms with van der Waals surface area (Å²) in [6.45, 7) is 2.02. The summed E-state index contributed by atoms with van der Waals surface area (Å²) in [5.41, 5.74) is 7.51. The quantitative estimate of drug-likeness (QED) is 0.496. The summed E-state index contributed by atoms with van der Waals surface area (Å²) in [6.07, 6.45) is 0. The molecular formula is C8H11Cl2N. The molecule has 3 heteroatoms. The third-order valence-electron chi connectivity index (χ3n) is 1.04. The van der Waals surface area contributed by atoms with Crippen molar-refractivity contribution in [2.24, 2.45) is 0 Å². The molecule has 2 N–H and O–H groups in total. The Hall–Kier alpha value is -0.400. The molecule has 0 spiro atoms. The van der Waals surface area contributed by atoms with Crippen molar-refractivity contribution in [2.45, 2.75) is 6.92 Å². The van der Waals surface area contributed by atoms with E-state index in [1.165, 1.54) is 5.56 Å². The van der Waals surface area contributed by atoms with Crippen LogP contribution >= 0.6 is 23.2 Å². The van der Waals surface area contributed by atoms with Crippen molar-refractivity contribution in [1.29, 1.82) is 0 Å². The van der Waals surface area contributed by atoms with Gasteiger partial charge < -0.3 is 5.73 Å². The van der Waals surface area contributed by atoms with E-state index in [-0.39, 0.29) is 5.34 Å². The minimum absolute atomic E-state index is 0.194. The van der Waals surface area contributed by atoms with Gasteiger partial charge in [-0.05, 0) is 24.6 Å². The number of nitrogens with two attached hydrogens (primary N) is 1. The number of aryl methyl sites for hydroxylation is 1. The first-order valence-corrected chi connectivity index (χ1v) is 4.21. The van der Waals surface area contributed by atoms with E-state index in [2.05, 4.69) is 0 Å². The van der Waals surface area contributed by atoms with E-state index in [1.54, 1.807) is 0 Å². The molecule has 62 valence electrons. The summed E-state index contributed by atoms with van der Waals surface area (Å²) in [7, 11) is 0. The SMILES string of the molecule is Cc1cccc(N)c1.ClCCl. The maximum absolute atomic E-state index is 5.46. The van der Waals surface area contributed by atoms with Gasteiger partial charge in [-0.15, -0.1) is 23.2 Å². The van der Waals surface area contributed by atoms with Crippen LogP contribution in [0, 0.1) is 6.92 Å². The van der Waals surface area contributed by atoms with Crippen LogP contribution in [0.3, 0.4) is 0 Å². The molecule has 0 aromatic heterocycles. The second-order valence-electron chi connectivity index (χ2n) is 2.02. The van der Waals surface area contributed by atoms with Crippen LogP contribution < -0.4 is 5.73 Å². The van der Waals surface area contributed by atoms with Gasteiger partial charge in [-0.1, -0.05) is 12.1 Å². The molecule has 0 aliphatic carbocycles. The lowest BCUT2D eigenvalue weighted by atomic mass is 10.2. The van der Waals surface area contributed by atoms with Gasteiger partial charge in [0.15, 0.2) is 0 Å². The molecule has 11 heavy (non-hydrogen) atoms. The molecule has 1 aromatic rings. The van der Waals surface area contributed by atoms with Crippen LogP contribution in [0.5, 0.6) is 0 Å². The van der Waals surface area contributed by atoms with Gasteiger partial charge in [-0.3, -0.25) is 0 Å². The molecule has 1 nitrogen and oxygen atoms in total. The Bertz CT molecular complexity index is 184. The number of hydrogen-bond acceptors (Lipinski definition) is 1. The number of benzene rings is 1. The first-order chi connectivity index (χ1) is 5.20. The Kier molecular flexibility index (Phi) is 6.09. The average molecular weight is 192 g/mol. The van der Waals surface area contributed by atoms with E-state index in [0.717, 1.165) is 5.69 Å². The fraction of sp³-hybridized carbons (Fsp3) is 0.250. The minimum Gasteiger partial charge on any atom is -0.399 e. The molecule has 1 aromatic carbocycles. The fourth-order valence-electron chi connectivity index (χ4n) is 0.670. The van der Waals surface area contributed by atoms with Crippen LogP contribution in [0.1, 0.15) is 5.56 Å². The summed E-state index contributed by atoms with van der Waals surface area (Å²) in [5.74, 6) is 0. The van der Waals surface area contributed by atoms with E-state index in [9.17, 15) is 0 Å². The molecule has 0 aliphatic heterocycles. The van der Waals surface area contributed by atoms with Crippen LogP contribution in [0.2, 0.25) is 0 Å². The number of halogens is 2. The fourth-order valence-corrected chi connectivity index (χ4v) is 0.670. The molecule has 0 saturated heterocycles. The monoisotopic (exact) mass is 191 g/mol. The van der Waals surface area contributed by atoms with Crippen LogP contribution in [-0.4, -0.2) is 5.34 Å². The van der Waals surface area contributed by atoms with Crippen molar-refractivity contribution in [3.63, 3.8) is 0 Å². The Morgan fingerprint density at radius 2 is 1.91 bits per heavy atom. The van der Waals surface area contributed by atoms with Gasteiger partial charge in [0.1, 0.15) is 0 Å². The molecule has 0 heterocycles. The third-order valence-corrected chi connectivity index (χ3v) is 1.04.